The standard InChI is InChI=1S/C15H23N5/c1-3-12-13(9-16)15(20-19-14(12)4-2)18-10-11-7-5-6-8-17-11/h11,17H,3-8,10H2,1-2H3,(H,18,20). The van der Waals surface area contributed by atoms with Gasteiger partial charge in [-0.3, -0.25) is 0 Å². The number of nitrogens with zero attached hydrogens (tertiary/aromatic N) is 3. The maximum Gasteiger partial charge on any atom is 0.167 e. The van der Waals surface area contributed by atoms with E-state index in [2.05, 4.69) is 33.8 Å². The first kappa shape index (κ1) is 14.7. The summed E-state index contributed by atoms with van der Waals surface area (Å²) in [5.41, 5.74) is 2.63. The summed E-state index contributed by atoms with van der Waals surface area (Å²) < 4.78 is 0. The van der Waals surface area contributed by atoms with Crippen molar-refractivity contribution in [2.75, 3.05) is 18.4 Å². The van der Waals surface area contributed by atoms with E-state index in [9.17, 15) is 5.26 Å². The smallest absolute Gasteiger partial charge is 0.167 e. The van der Waals surface area contributed by atoms with Gasteiger partial charge in [0.05, 0.1) is 5.69 Å². The molecule has 1 aromatic heterocycles. The molecule has 20 heavy (non-hydrogen) atoms. The van der Waals surface area contributed by atoms with E-state index >= 15 is 0 Å². The second-order valence-corrected chi connectivity index (χ2v) is 5.20. The van der Waals surface area contributed by atoms with E-state index in [0.29, 0.717) is 17.4 Å². The lowest BCUT2D eigenvalue weighted by Gasteiger charge is -2.24. The van der Waals surface area contributed by atoms with Gasteiger partial charge in [-0.25, -0.2) is 0 Å². The summed E-state index contributed by atoms with van der Waals surface area (Å²) in [6, 6.07) is 2.76. The Balaban J connectivity index is 2.12. The third kappa shape index (κ3) is 3.26. The maximum absolute atomic E-state index is 9.41. The summed E-state index contributed by atoms with van der Waals surface area (Å²) >= 11 is 0. The summed E-state index contributed by atoms with van der Waals surface area (Å²) in [6.07, 6.45) is 5.33. The predicted octanol–water partition coefficient (Wildman–Crippen LogP) is 2.03. The Morgan fingerprint density at radius 3 is 2.75 bits per heavy atom. The highest BCUT2D eigenvalue weighted by Crippen LogP contribution is 2.20. The second kappa shape index (κ2) is 7.20. The first-order chi connectivity index (χ1) is 9.80. The van der Waals surface area contributed by atoms with Crippen LogP contribution in [0.5, 0.6) is 0 Å². The molecule has 1 saturated heterocycles. The van der Waals surface area contributed by atoms with Crippen LogP contribution in [0.4, 0.5) is 5.82 Å². The number of nitriles is 1. The van der Waals surface area contributed by atoms with Gasteiger partial charge < -0.3 is 10.6 Å². The molecule has 2 rings (SSSR count). The molecule has 0 spiro atoms. The van der Waals surface area contributed by atoms with Crippen LogP contribution in [0.25, 0.3) is 0 Å². The molecule has 0 bridgehead atoms. The zero-order chi connectivity index (χ0) is 14.4. The number of piperidine rings is 1. The molecule has 0 amide bonds. The molecule has 1 unspecified atom stereocenters. The molecule has 2 N–H and O–H groups in total. The van der Waals surface area contributed by atoms with E-state index < -0.39 is 0 Å². The quantitative estimate of drug-likeness (QED) is 0.858. The minimum atomic E-state index is 0.466. The van der Waals surface area contributed by atoms with Gasteiger partial charge in [-0.05, 0) is 37.8 Å². The highest BCUT2D eigenvalue weighted by atomic mass is 15.2. The molecular formula is C15H23N5. The zero-order valence-electron chi connectivity index (χ0n) is 12.4. The van der Waals surface area contributed by atoms with Crippen LogP contribution in [0, 0.1) is 11.3 Å². The van der Waals surface area contributed by atoms with Crippen LogP contribution in [0.1, 0.15) is 49.9 Å². The maximum atomic E-state index is 9.41. The fraction of sp³-hybridized carbons (Fsp3) is 0.667. The van der Waals surface area contributed by atoms with Crippen molar-refractivity contribution in [2.45, 2.75) is 52.0 Å². The predicted molar refractivity (Wildman–Crippen MR) is 79.6 cm³/mol. The summed E-state index contributed by atoms with van der Waals surface area (Å²) in [6.45, 7) is 5.99. The number of hydrogen-bond donors (Lipinski definition) is 2. The van der Waals surface area contributed by atoms with E-state index in [1.165, 1.54) is 19.3 Å². The lowest BCUT2D eigenvalue weighted by molar-refractivity contribution is 0.414. The zero-order valence-corrected chi connectivity index (χ0v) is 12.4. The summed E-state index contributed by atoms with van der Waals surface area (Å²) in [4.78, 5) is 0. The van der Waals surface area contributed by atoms with Crippen LogP contribution < -0.4 is 10.6 Å². The fourth-order valence-electron chi connectivity index (χ4n) is 2.74. The molecule has 2 heterocycles. The van der Waals surface area contributed by atoms with E-state index in [1.807, 2.05) is 6.92 Å². The Morgan fingerprint density at radius 1 is 1.30 bits per heavy atom. The van der Waals surface area contributed by atoms with Crippen molar-refractivity contribution in [1.82, 2.24) is 15.5 Å². The Morgan fingerprint density at radius 2 is 2.15 bits per heavy atom. The number of anilines is 1. The van der Waals surface area contributed by atoms with Crippen LogP contribution in [0.2, 0.25) is 0 Å². The van der Waals surface area contributed by atoms with Crippen molar-refractivity contribution in [1.29, 1.82) is 5.26 Å². The molecule has 1 aliphatic heterocycles. The third-order valence-corrected chi connectivity index (χ3v) is 3.89. The fourth-order valence-corrected chi connectivity index (χ4v) is 2.74. The molecule has 108 valence electrons. The SMILES string of the molecule is CCc1nnc(NCC2CCCCN2)c(C#N)c1CC. The highest BCUT2D eigenvalue weighted by molar-refractivity contribution is 5.56. The molecule has 0 radical (unpaired) electrons. The molecule has 1 atom stereocenters. The van der Waals surface area contributed by atoms with Crippen LogP contribution in [-0.2, 0) is 12.8 Å². The first-order valence-corrected chi connectivity index (χ1v) is 7.55. The lowest BCUT2D eigenvalue weighted by atomic mass is 10.0. The number of rotatable bonds is 5. The molecule has 0 saturated carbocycles. The van der Waals surface area contributed by atoms with Crippen LogP contribution in [0.15, 0.2) is 0 Å². The van der Waals surface area contributed by atoms with Gasteiger partial charge in [0.1, 0.15) is 11.6 Å². The molecule has 1 fully saturated rings. The number of nitrogens with one attached hydrogen (secondary N) is 2. The first-order valence-electron chi connectivity index (χ1n) is 7.55. The van der Waals surface area contributed by atoms with E-state index in [4.69, 9.17) is 0 Å². The molecule has 5 heteroatoms. The summed E-state index contributed by atoms with van der Waals surface area (Å²) in [5.74, 6) is 0.633. The highest BCUT2D eigenvalue weighted by Gasteiger charge is 2.16. The van der Waals surface area contributed by atoms with Gasteiger partial charge in [0, 0.05) is 12.6 Å². The van der Waals surface area contributed by atoms with Gasteiger partial charge in [0.25, 0.3) is 0 Å². The van der Waals surface area contributed by atoms with Gasteiger partial charge in [-0.15, -0.1) is 5.10 Å². The van der Waals surface area contributed by atoms with E-state index in [0.717, 1.165) is 37.2 Å². The molecule has 1 aromatic rings. The van der Waals surface area contributed by atoms with Crippen molar-refractivity contribution >= 4 is 5.82 Å². The van der Waals surface area contributed by atoms with Crippen LogP contribution >= 0.6 is 0 Å². The number of aromatic nitrogens is 2. The van der Waals surface area contributed by atoms with Crippen molar-refractivity contribution in [3.63, 3.8) is 0 Å². The Hall–Kier alpha value is -1.67. The number of hydrogen-bond acceptors (Lipinski definition) is 5. The molecular weight excluding hydrogens is 250 g/mol. The average Bonchev–Trinajstić information content (AvgIpc) is 2.52. The molecule has 0 aromatic carbocycles. The Bertz CT molecular complexity index is 486. The van der Waals surface area contributed by atoms with Crippen LogP contribution in [0.3, 0.4) is 0 Å². The van der Waals surface area contributed by atoms with Gasteiger partial charge in [-0.2, -0.15) is 10.4 Å². The van der Waals surface area contributed by atoms with Gasteiger partial charge in [0.15, 0.2) is 5.82 Å². The second-order valence-electron chi connectivity index (χ2n) is 5.20. The minimum absolute atomic E-state index is 0.466. The largest absolute Gasteiger partial charge is 0.366 e. The van der Waals surface area contributed by atoms with Crippen molar-refractivity contribution < 1.29 is 0 Å². The summed E-state index contributed by atoms with van der Waals surface area (Å²) in [7, 11) is 0. The Kier molecular flexibility index (Phi) is 5.31. The van der Waals surface area contributed by atoms with Crippen LogP contribution in [-0.4, -0.2) is 29.3 Å². The van der Waals surface area contributed by atoms with Gasteiger partial charge in [-0.1, -0.05) is 20.3 Å². The van der Waals surface area contributed by atoms with Gasteiger partial charge >= 0.3 is 0 Å². The molecule has 0 aliphatic carbocycles. The van der Waals surface area contributed by atoms with Crippen molar-refractivity contribution in [3.8, 4) is 6.07 Å². The average molecular weight is 273 g/mol. The normalized spacial score (nSPS) is 18.6. The monoisotopic (exact) mass is 273 g/mol. The topological polar surface area (TPSA) is 73.6 Å². The number of aryl methyl sites for hydroxylation is 1. The molecule has 1 aliphatic rings. The van der Waals surface area contributed by atoms with Crippen molar-refractivity contribution in [2.24, 2.45) is 0 Å². The lowest BCUT2D eigenvalue weighted by Crippen LogP contribution is -2.39. The third-order valence-electron chi connectivity index (χ3n) is 3.89. The van der Waals surface area contributed by atoms with Gasteiger partial charge in [0.2, 0.25) is 0 Å². The molecule has 5 nitrogen and oxygen atoms in total. The summed E-state index contributed by atoms with van der Waals surface area (Å²) in [5, 5.41) is 24.7. The Labute approximate surface area is 120 Å². The minimum Gasteiger partial charge on any atom is -0.366 e. The van der Waals surface area contributed by atoms with E-state index in [-0.39, 0.29) is 0 Å². The van der Waals surface area contributed by atoms with E-state index in [1.54, 1.807) is 0 Å². The van der Waals surface area contributed by atoms with Crippen molar-refractivity contribution in [3.05, 3.63) is 16.8 Å².